The van der Waals surface area contributed by atoms with E-state index in [9.17, 15) is 5.11 Å². The van der Waals surface area contributed by atoms with Crippen LogP contribution in [0.1, 0.15) is 24.0 Å². The number of hydrogen-bond acceptors (Lipinski definition) is 3. The van der Waals surface area contributed by atoms with Crippen molar-refractivity contribution >= 4 is 15.9 Å². The van der Waals surface area contributed by atoms with Gasteiger partial charge in [-0.25, -0.2) is 0 Å². The summed E-state index contributed by atoms with van der Waals surface area (Å²) in [4.78, 5) is 0. The van der Waals surface area contributed by atoms with Crippen molar-refractivity contribution in [3.63, 3.8) is 0 Å². The first-order chi connectivity index (χ1) is 7.53. The van der Waals surface area contributed by atoms with E-state index < -0.39 is 5.60 Å². The van der Waals surface area contributed by atoms with Crippen molar-refractivity contribution < 1.29 is 14.6 Å². The maximum Gasteiger partial charge on any atom is 0.142 e. The van der Waals surface area contributed by atoms with Gasteiger partial charge in [-0.3, -0.25) is 0 Å². The number of hydrogen-bond donors (Lipinski definition) is 1. The van der Waals surface area contributed by atoms with Crippen molar-refractivity contribution in [2.24, 2.45) is 0 Å². The first kappa shape index (κ1) is 11.7. The third-order valence-corrected chi connectivity index (χ3v) is 3.72. The van der Waals surface area contributed by atoms with Gasteiger partial charge in [0.2, 0.25) is 0 Å². The summed E-state index contributed by atoms with van der Waals surface area (Å²) in [6, 6.07) is 1.94. The molecule has 1 aliphatic rings. The molecule has 0 bridgehead atoms. The fourth-order valence-electron chi connectivity index (χ4n) is 1.93. The van der Waals surface area contributed by atoms with E-state index in [1.165, 1.54) is 0 Å². The molecule has 0 heterocycles. The van der Waals surface area contributed by atoms with Gasteiger partial charge < -0.3 is 14.6 Å². The Kier molecular flexibility index (Phi) is 2.88. The molecule has 2 rings (SSSR count). The van der Waals surface area contributed by atoms with Gasteiger partial charge in [-0.1, -0.05) is 0 Å². The molecule has 1 aromatic rings. The van der Waals surface area contributed by atoms with E-state index in [1.54, 1.807) is 14.2 Å². The molecule has 3 nitrogen and oxygen atoms in total. The van der Waals surface area contributed by atoms with Crippen molar-refractivity contribution in [3.8, 4) is 11.5 Å². The minimum atomic E-state index is -0.703. The predicted molar refractivity (Wildman–Crippen MR) is 65.1 cm³/mol. The van der Waals surface area contributed by atoms with Crippen LogP contribution >= 0.6 is 15.9 Å². The lowest BCUT2D eigenvalue weighted by Crippen LogP contribution is -2.08. The number of aliphatic hydroxyl groups is 1. The average molecular weight is 287 g/mol. The highest BCUT2D eigenvalue weighted by molar-refractivity contribution is 9.10. The molecule has 1 N–H and O–H groups in total. The van der Waals surface area contributed by atoms with E-state index in [0.717, 1.165) is 34.2 Å². The van der Waals surface area contributed by atoms with Gasteiger partial charge in [-0.2, -0.15) is 0 Å². The number of ether oxygens (including phenoxy) is 2. The van der Waals surface area contributed by atoms with Gasteiger partial charge in [0.25, 0.3) is 0 Å². The molecule has 1 saturated carbocycles. The normalized spacial score (nSPS) is 17.1. The van der Waals surface area contributed by atoms with Crippen LogP contribution < -0.4 is 9.47 Å². The number of benzene rings is 1. The van der Waals surface area contributed by atoms with Crippen LogP contribution in [0.5, 0.6) is 11.5 Å². The molecule has 0 amide bonds. The van der Waals surface area contributed by atoms with Gasteiger partial charge in [0, 0.05) is 5.56 Å². The molecular weight excluding hydrogens is 272 g/mol. The van der Waals surface area contributed by atoms with Crippen LogP contribution in [0, 0.1) is 6.92 Å². The van der Waals surface area contributed by atoms with Crippen molar-refractivity contribution in [2.75, 3.05) is 14.2 Å². The van der Waals surface area contributed by atoms with E-state index >= 15 is 0 Å². The Balaban J connectivity index is 2.62. The molecule has 0 aliphatic heterocycles. The molecular formula is C12H15BrO3. The molecule has 0 spiro atoms. The second-order valence-electron chi connectivity index (χ2n) is 4.15. The van der Waals surface area contributed by atoms with Crippen LogP contribution in [-0.4, -0.2) is 19.3 Å². The predicted octanol–water partition coefficient (Wildman–Crippen LogP) is 2.76. The smallest absolute Gasteiger partial charge is 0.142 e. The quantitative estimate of drug-likeness (QED) is 0.929. The zero-order valence-corrected chi connectivity index (χ0v) is 11.2. The van der Waals surface area contributed by atoms with Gasteiger partial charge in [0.15, 0.2) is 0 Å². The van der Waals surface area contributed by atoms with E-state index in [4.69, 9.17) is 9.47 Å². The SMILES string of the molecule is COc1c(C)cc(C2(O)CC2)c(OC)c1Br. The molecule has 16 heavy (non-hydrogen) atoms. The third kappa shape index (κ3) is 1.70. The maximum atomic E-state index is 10.2. The molecule has 0 saturated heterocycles. The standard InChI is InChI=1S/C12H15BrO3/c1-7-6-8(12(14)4-5-12)11(16-3)9(13)10(7)15-2/h6,14H,4-5H2,1-3H3. The summed E-state index contributed by atoms with van der Waals surface area (Å²) in [5, 5.41) is 10.2. The summed E-state index contributed by atoms with van der Waals surface area (Å²) in [7, 11) is 3.22. The minimum Gasteiger partial charge on any atom is -0.495 e. The van der Waals surface area contributed by atoms with E-state index in [2.05, 4.69) is 15.9 Å². The lowest BCUT2D eigenvalue weighted by Gasteiger charge is -2.18. The summed E-state index contributed by atoms with van der Waals surface area (Å²) in [5.41, 5.74) is 1.14. The molecule has 1 aromatic carbocycles. The number of halogens is 1. The summed E-state index contributed by atoms with van der Waals surface area (Å²) >= 11 is 3.46. The molecule has 0 atom stereocenters. The Bertz CT molecular complexity index is 425. The molecule has 1 aliphatic carbocycles. The second-order valence-corrected chi connectivity index (χ2v) is 4.95. The Morgan fingerprint density at radius 1 is 1.25 bits per heavy atom. The third-order valence-electron chi connectivity index (χ3n) is 3.00. The average Bonchev–Trinajstić information content (AvgIpc) is 2.98. The number of methoxy groups -OCH3 is 2. The van der Waals surface area contributed by atoms with Crippen molar-refractivity contribution in [3.05, 3.63) is 21.7 Å². The van der Waals surface area contributed by atoms with E-state index in [1.807, 2.05) is 13.0 Å². The highest BCUT2D eigenvalue weighted by Crippen LogP contribution is 2.52. The van der Waals surface area contributed by atoms with Gasteiger partial charge in [0.1, 0.15) is 16.0 Å². The first-order valence-corrected chi connectivity index (χ1v) is 5.96. The Labute approximate surface area is 104 Å². The zero-order chi connectivity index (χ0) is 11.9. The fourth-order valence-corrected chi connectivity index (χ4v) is 2.78. The van der Waals surface area contributed by atoms with Gasteiger partial charge in [0.05, 0.1) is 19.8 Å². The van der Waals surface area contributed by atoms with Crippen molar-refractivity contribution in [1.29, 1.82) is 0 Å². The largest absolute Gasteiger partial charge is 0.495 e. The van der Waals surface area contributed by atoms with E-state index in [-0.39, 0.29) is 0 Å². The Morgan fingerprint density at radius 3 is 2.25 bits per heavy atom. The monoisotopic (exact) mass is 286 g/mol. The summed E-state index contributed by atoms with van der Waals surface area (Å²) in [6.45, 7) is 1.96. The molecule has 4 heteroatoms. The Morgan fingerprint density at radius 2 is 1.81 bits per heavy atom. The van der Waals surface area contributed by atoms with Crippen LogP contribution in [-0.2, 0) is 5.60 Å². The van der Waals surface area contributed by atoms with Gasteiger partial charge in [-0.05, 0) is 47.3 Å². The summed E-state index contributed by atoms with van der Waals surface area (Å²) < 4.78 is 11.4. The lowest BCUT2D eigenvalue weighted by molar-refractivity contribution is 0.147. The molecule has 1 fully saturated rings. The van der Waals surface area contributed by atoms with Crippen LogP contribution in [0.4, 0.5) is 0 Å². The highest BCUT2D eigenvalue weighted by atomic mass is 79.9. The highest BCUT2D eigenvalue weighted by Gasteiger charge is 2.45. The van der Waals surface area contributed by atoms with E-state index in [0.29, 0.717) is 5.75 Å². The molecule has 0 radical (unpaired) electrons. The lowest BCUT2D eigenvalue weighted by atomic mass is 10.0. The minimum absolute atomic E-state index is 0.669. The Hall–Kier alpha value is -0.740. The second kappa shape index (κ2) is 3.93. The van der Waals surface area contributed by atoms with Crippen LogP contribution in [0.15, 0.2) is 10.5 Å². The van der Waals surface area contributed by atoms with Crippen LogP contribution in [0.3, 0.4) is 0 Å². The van der Waals surface area contributed by atoms with Crippen molar-refractivity contribution in [2.45, 2.75) is 25.4 Å². The fraction of sp³-hybridized carbons (Fsp3) is 0.500. The summed E-state index contributed by atoms with van der Waals surface area (Å²) in [5.74, 6) is 1.42. The molecule has 0 aromatic heterocycles. The molecule has 88 valence electrons. The number of rotatable bonds is 3. The first-order valence-electron chi connectivity index (χ1n) is 5.17. The van der Waals surface area contributed by atoms with Gasteiger partial charge in [-0.15, -0.1) is 0 Å². The number of aryl methyl sites for hydroxylation is 1. The van der Waals surface area contributed by atoms with Crippen LogP contribution in [0.25, 0.3) is 0 Å². The van der Waals surface area contributed by atoms with Crippen molar-refractivity contribution in [1.82, 2.24) is 0 Å². The molecule has 0 unspecified atom stereocenters. The zero-order valence-electron chi connectivity index (χ0n) is 9.63. The van der Waals surface area contributed by atoms with Crippen LogP contribution in [0.2, 0.25) is 0 Å². The summed E-state index contributed by atoms with van der Waals surface area (Å²) in [6.07, 6.45) is 1.59. The maximum absolute atomic E-state index is 10.2. The topological polar surface area (TPSA) is 38.7 Å². The van der Waals surface area contributed by atoms with Gasteiger partial charge >= 0.3 is 0 Å².